The minimum atomic E-state index is -4.30. The van der Waals surface area contributed by atoms with Crippen LogP contribution in [0.5, 0.6) is 0 Å². The van der Waals surface area contributed by atoms with Crippen LogP contribution in [0.2, 0.25) is 0 Å². The zero-order valence-corrected chi connectivity index (χ0v) is 45.7. The highest BCUT2D eigenvalue weighted by Gasteiger charge is 2.28. The van der Waals surface area contributed by atoms with E-state index in [4.69, 9.17) is 9.05 Å². The second-order valence-electron chi connectivity index (χ2n) is 19.9. The zero-order chi connectivity index (χ0) is 49.9. The Kier molecular flexibility index (Phi) is 48.0. The average Bonchev–Trinajstić information content (AvgIpc) is 3.30. The third-order valence-electron chi connectivity index (χ3n) is 12.2. The number of nitrogens with zero attached hydrogens (tertiary/aromatic N) is 1. The molecule has 0 aromatic carbocycles. The van der Waals surface area contributed by atoms with Crippen molar-refractivity contribution in [3.63, 3.8) is 0 Å². The molecular weight excluding hydrogens is 864 g/mol. The van der Waals surface area contributed by atoms with Gasteiger partial charge in [-0.2, -0.15) is 0 Å². The van der Waals surface area contributed by atoms with Gasteiger partial charge in [-0.25, -0.2) is 4.57 Å². The number of aliphatic hydroxyl groups excluding tert-OH is 1. The van der Waals surface area contributed by atoms with Crippen molar-refractivity contribution in [2.75, 3.05) is 40.9 Å². The molecule has 0 aliphatic heterocycles. The average molecular weight is 972 g/mol. The van der Waals surface area contributed by atoms with Gasteiger partial charge in [0, 0.05) is 6.42 Å². The molecule has 0 radical (unpaired) electrons. The largest absolute Gasteiger partial charge is 0.472 e. The van der Waals surface area contributed by atoms with Crippen molar-refractivity contribution in [1.82, 2.24) is 5.32 Å². The number of nitrogens with one attached hydrogen (secondary N) is 1. The molecule has 0 rings (SSSR count). The molecule has 0 aliphatic carbocycles. The first kappa shape index (κ1) is 65.7. The van der Waals surface area contributed by atoms with Crippen LogP contribution in [0, 0.1) is 0 Å². The summed E-state index contributed by atoms with van der Waals surface area (Å²) in [7, 11) is 1.61. The topological polar surface area (TPSA) is 105 Å². The molecule has 0 heterocycles. The van der Waals surface area contributed by atoms with Crippen LogP contribution >= 0.6 is 7.82 Å². The molecule has 0 aromatic heterocycles. The van der Waals surface area contributed by atoms with E-state index >= 15 is 0 Å². The van der Waals surface area contributed by atoms with E-state index in [1.807, 2.05) is 21.1 Å². The number of carbonyl (C=O) groups excluding carboxylic acids is 1. The number of amides is 1. The Balaban J connectivity index is 3.74. The molecule has 394 valence electrons. The van der Waals surface area contributed by atoms with E-state index in [1.54, 1.807) is 0 Å². The van der Waals surface area contributed by atoms with Gasteiger partial charge in [0.1, 0.15) is 13.2 Å². The van der Waals surface area contributed by atoms with Crippen molar-refractivity contribution in [2.24, 2.45) is 0 Å². The SMILES string of the molecule is CC/C=C\C/C=C\C/C=C\C/C=C\C/C=C\C/C=C\C/C=C\CCCCCCCCCCCCCCCCCCCCCC(=O)NC(COP(=O)(O)OCC[N+](C)(C)C)C(O)CCCCCCC. The van der Waals surface area contributed by atoms with Crippen LogP contribution < -0.4 is 5.32 Å². The molecule has 8 nitrogen and oxygen atoms in total. The predicted octanol–water partition coefficient (Wildman–Crippen LogP) is 16.9. The molecule has 3 atom stereocenters. The van der Waals surface area contributed by atoms with Crippen molar-refractivity contribution in [3.05, 3.63) is 85.1 Å². The molecule has 3 N–H and O–H groups in total. The van der Waals surface area contributed by atoms with Crippen LogP contribution in [0.1, 0.15) is 232 Å². The third-order valence-corrected chi connectivity index (χ3v) is 13.1. The number of rotatable bonds is 50. The molecule has 0 bridgehead atoms. The van der Waals surface area contributed by atoms with Crippen molar-refractivity contribution in [3.8, 4) is 0 Å². The van der Waals surface area contributed by atoms with E-state index in [9.17, 15) is 19.4 Å². The van der Waals surface area contributed by atoms with Gasteiger partial charge < -0.3 is 19.8 Å². The maximum atomic E-state index is 12.8. The fraction of sp³-hybridized carbons (Fsp3) is 0.746. The summed E-state index contributed by atoms with van der Waals surface area (Å²) >= 11 is 0. The number of likely N-dealkylation sites (N-methyl/N-ethyl adjacent to an activating group) is 1. The van der Waals surface area contributed by atoms with E-state index in [1.165, 1.54) is 109 Å². The van der Waals surface area contributed by atoms with Gasteiger partial charge in [0.2, 0.25) is 5.91 Å². The molecule has 0 spiro atoms. The Morgan fingerprint density at radius 2 is 0.882 bits per heavy atom. The van der Waals surface area contributed by atoms with E-state index in [-0.39, 0.29) is 19.1 Å². The number of aliphatic hydroxyl groups is 1. The summed E-state index contributed by atoms with van der Waals surface area (Å²) in [4.78, 5) is 23.0. The molecule has 0 fully saturated rings. The second kappa shape index (κ2) is 49.7. The Morgan fingerprint density at radius 1 is 0.515 bits per heavy atom. The van der Waals surface area contributed by atoms with Crippen LogP contribution in [0.3, 0.4) is 0 Å². The van der Waals surface area contributed by atoms with Gasteiger partial charge in [-0.1, -0.05) is 240 Å². The van der Waals surface area contributed by atoms with Crippen molar-refractivity contribution >= 4 is 13.7 Å². The lowest BCUT2D eigenvalue weighted by molar-refractivity contribution is -0.870. The number of phosphoric ester groups is 1. The zero-order valence-electron chi connectivity index (χ0n) is 44.8. The van der Waals surface area contributed by atoms with Crippen molar-refractivity contribution in [1.29, 1.82) is 0 Å². The molecular formula is C59H108N2O6P+. The fourth-order valence-corrected chi connectivity index (χ4v) is 8.53. The van der Waals surface area contributed by atoms with Gasteiger partial charge in [-0.05, 0) is 70.6 Å². The lowest BCUT2D eigenvalue weighted by Crippen LogP contribution is -2.46. The van der Waals surface area contributed by atoms with Crippen LogP contribution in [0.4, 0.5) is 0 Å². The quantitative estimate of drug-likeness (QED) is 0.0243. The molecule has 0 aliphatic rings. The minimum absolute atomic E-state index is 0.0727. The Labute approximate surface area is 420 Å². The van der Waals surface area contributed by atoms with Gasteiger partial charge >= 0.3 is 7.82 Å². The van der Waals surface area contributed by atoms with E-state index in [2.05, 4.69) is 104 Å². The number of carbonyl (C=O) groups is 1. The lowest BCUT2D eigenvalue weighted by Gasteiger charge is -2.26. The lowest BCUT2D eigenvalue weighted by atomic mass is 10.0. The molecule has 1 amide bonds. The molecule has 0 saturated heterocycles. The van der Waals surface area contributed by atoms with Gasteiger partial charge in [-0.15, -0.1) is 0 Å². The summed E-state index contributed by atoms with van der Waals surface area (Å²) in [6.07, 6.45) is 70.0. The number of unbranched alkanes of at least 4 members (excludes halogenated alkanes) is 23. The van der Waals surface area contributed by atoms with E-state index in [0.29, 0.717) is 23.9 Å². The summed E-state index contributed by atoms with van der Waals surface area (Å²) < 4.78 is 23.5. The van der Waals surface area contributed by atoms with Gasteiger partial charge in [-0.3, -0.25) is 13.8 Å². The van der Waals surface area contributed by atoms with E-state index in [0.717, 1.165) is 96.3 Å². The van der Waals surface area contributed by atoms with Crippen molar-refractivity contribution < 1.29 is 32.9 Å². The smallest absolute Gasteiger partial charge is 0.391 e. The van der Waals surface area contributed by atoms with Gasteiger partial charge in [0.15, 0.2) is 0 Å². The maximum absolute atomic E-state index is 12.8. The van der Waals surface area contributed by atoms with Gasteiger partial charge in [0.05, 0.1) is 39.9 Å². The first-order valence-electron chi connectivity index (χ1n) is 28.0. The predicted molar refractivity (Wildman–Crippen MR) is 295 cm³/mol. The van der Waals surface area contributed by atoms with Crippen molar-refractivity contribution in [2.45, 2.75) is 244 Å². The Bertz CT molecular complexity index is 1380. The normalized spacial score (nSPS) is 14.6. The first-order valence-corrected chi connectivity index (χ1v) is 29.4. The standard InChI is InChI=1S/C59H107N2O6P/c1-6-8-10-12-13-14-15-16-17-18-19-20-21-22-23-24-25-26-27-28-29-30-31-32-33-34-35-36-37-38-39-40-41-42-43-44-45-46-47-49-51-53-59(63)60-57(58(62)52-50-48-11-9-7-2)56-67-68(64,65)66-55-54-61(3,4)5/h8,10,13-14,16-17,19-20,22-23,25-26,28-29,57-58,62H,6-7,9,11-12,15,18,21,24,27,30-56H2,1-5H3,(H-,60,63,64,65)/p+1/b10-8-,14-13-,17-16-,20-19-,23-22-,26-25-,29-28-. The summed E-state index contributed by atoms with van der Waals surface area (Å²) in [6.45, 7) is 4.68. The fourth-order valence-electron chi connectivity index (χ4n) is 7.79. The number of phosphoric acid groups is 1. The summed E-state index contributed by atoms with van der Waals surface area (Å²) in [6, 6.07) is -0.758. The van der Waals surface area contributed by atoms with E-state index < -0.39 is 20.0 Å². The summed E-state index contributed by atoms with van der Waals surface area (Å²) in [5.74, 6) is -0.152. The van der Waals surface area contributed by atoms with Crippen LogP contribution in [0.25, 0.3) is 0 Å². The highest BCUT2D eigenvalue weighted by Crippen LogP contribution is 2.43. The number of quaternary nitrogens is 1. The second-order valence-corrected chi connectivity index (χ2v) is 21.4. The first-order chi connectivity index (χ1) is 33.0. The highest BCUT2D eigenvalue weighted by atomic mass is 31.2. The molecule has 68 heavy (non-hydrogen) atoms. The molecule has 0 aromatic rings. The molecule has 3 unspecified atom stereocenters. The molecule has 0 saturated carbocycles. The van der Waals surface area contributed by atoms with Crippen LogP contribution in [0.15, 0.2) is 85.1 Å². The summed E-state index contributed by atoms with van der Waals surface area (Å²) in [5, 5.41) is 13.8. The Morgan fingerprint density at radius 3 is 1.29 bits per heavy atom. The van der Waals surface area contributed by atoms with Gasteiger partial charge in [0.25, 0.3) is 0 Å². The monoisotopic (exact) mass is 972 g/mol. The minimum Gasteiger partial charge on any atom is -0.391 e. The number of allylic oxidation sites excluding steroid dienone is 14. The third kappa shape index (κ3) is 51.5. The van der Waals surface area contributed by atoms with Crippen LogP contribution in [-0.4, -0.2) is 73.4 Å². The highest BCUT2D eigenvalue weighted by molar-refractivity contribution is 7.47. The summed E-state index contributed by atoms with van der Waals surface area (Å²) in [5.41, 5.74) is 0. The Hall–Kier alpha value is -2.32. The number of hydrogen-bond acceptors (Lipinski definition) is 5. The number of hydrogen-bond donors (Lipinski definition) is 3. The molecule has 9 heteroatoms. The van der Waals surface area contributed by atoms with Crippen LogP contribution in [-0.2, 0) is 18.4 Å². The maximum Gasteiger partial charge on any atom is 0.472 e.